The van der Waals surface area contributed by atoms with E-state index in [-0.39, 0.29) is 11.9 Å². The summed E-state index contributed by atoms with van der Waals surface area (Å²) in [6, 6.07) is 13.1. The molecule has 0 radical (unpaired) electrons. The van der Waals surface area contributed by atoms with Crippen molar-refractivity contribution in [3.8, 4) is 17.2 Å². The van der Waals surface area contributed by atoms with E-state index in [2.05, 4.69) is 13.8 Å². The molecule has 0 aromatic heterocycles. The van der Waals surface area contributed by atoms with E-state index in [1.807, 2.05) is 44.2 Å². The quantitative estimate of drug-likeness (QED) is 0.598. The SMILES string of the molecule is CC.COc1ccc(C2C(=O)Oc3ccc(OC)cc3C2(C)C)cc1. The second-order valence-corrected chi connectivity index (χ2v) is 6.21. The molecule has 0 saturated carbocycles. The molecule has 134 valence electrons. The Kier molecular flexibility index (Phi) is 5.73. The first-order valence-corrected chi connectivity index (χ1v) is 8.51. The summed E-state index contributed by atoms with van der Waals surface area (Å²) in [4.78, 5) is 12.6. The van der Waals surface area contributed by atoms with Crippen molar-refractivity contribution < 1.29 is 19.0 Å². The van der Waals surface area contributed by atoms with Crippen LogP contribution in [0.25, 0.3) is 0 Å². The molecule has 4 heteroatoms. The van der Waals surface area contributed by atoms with Gasteiger partial charge in [-0.2, -0.15) is 0 Å². The average molecular weight is 342 g/mol. The van der Waals surface area contributed by atoms with E-state index >= 15 is 0 Å². The van der Waals surface area contributed by atoms with Crippen LogP contribution in [0.15, 0.2) is 42.5 Å². The maximum Gasteiger partial charge on any atom is 0.319 e. The molecule has 0 amide bonds. The molecule has 1 heterocycles. The number of ether oxygens (including phenoxy) is 3. The predicted octanol–water partition coefficient (Wildman–Crippen LogP) is 4.71. The molecule has 2 aromatic rings. The molecule has 0 fully saturated rings. The van der Waals surface area contributed by atoms with E-state index in [4.69, 9.17) is 14.2 Å². The fraction of sp³-hybridized carbons (Fsp3) is 0.381. The van der Waals surface area contributed by atoms with Gasteiger partial charge < -0.3 is 14.2 Å². The second kappa shape index (κ2) is 7.60. The Bertz CT molecular complexity index is 732. The highest BCUT2D eigenvalue weighted by atomic mass is 16.5. The lowest BCUT2D eigenvalue weighted by molar-refractivity contribution is -0.139. The fourth-order valence-corrected chi connectivity index (χ4v) is 3.20. The number of rotatable bonds is 3. The number of methoxy groups -OCH3 is 2. The summed E-state index contributed by atoms with van der Waals surface area (Å²) >= 11 is 0. The number of fused-ring (bicyclic) bond motifs is 1. The summed E-state index contributed by atoms with van der Waals surface area (Å²) in [7, 11) is 3.25. The number of esters is 1. The van der Waals surface area contributed by atoms with Crippen LogP contribution in [-0.2, 0) is 10.2 Å². The van der Waals surface area contributed by atoms with Gasteiger partial charge in [-0.1, -0.05) is 39.8 Å². The highest BCUT2D eigenvalue weighted by Crippen LogP contribution is 2.48. The number of benzene rings is 2. The molecular formula is C21H26O4. The number of carbonyl (C=O) groups is 1. The van der Waals surface area contributed by atoms with E-state index in [0.717, 1.165) is 22.6 Å². The Morgan fingerprint density at radius 3 is 2.04 bits per heavy atom. The Balaban J connectivity index is 0.00000109. The minimum absolute atomic E-state index is 0.238. The van der Waals surface area contributed by atoms with Crippen molar-refractivity contribution in [2.24, 2.45) is 0 Å². The van der Waals surface area contributed by atoms with Crippen LogP contribution in [0.1, 0.15) is 44.7 Å². The first-order valence-electron chi connectivity index (χ1n) is 8.51. The van der Waals surface area contributed by atoms with Crippen LogP contribution in [-0.4, -0.2) is 20.2 Å². The van der Waals surface area contributed by atoms with Gasteiger partial charge in [0.1, 0.15) is 17.2 Å². The van der Waals surface area contributed by atoms with Crippen molar-refractivity contribution in [1.29, 1.82) is 0 Å². The second-order valence-electron chi connectivity index (χ2n) is 6.21. The monoisotopic (exact) mass is 342 g/mol. The van der Waals surface area contributed by atoms with Gasteiger partial charge in [-0.25, -0.2) is 0 Å². The molecule has 4 nitrogen and oxygen atoms in total. The van der Waals surface area contributed by atoms with Crippen LogP contribution in [0.4, 0.5) is 0 Å². The van der Waals surface area contributed by atoms with Crippen molar-refractivity contribution in [1.82, 2.24) is 0 Å². The van der Waals surface area contributed by atoms with Gasteiger partial charge in [-0.3, -0.25) is 4.79 Å². The average Bonchev–Trinajstić information content (AvgIpc) is 2.63. The van der Waals surface area contributed by atoms with Crippen molar-refractivity contribution in [2.45, 2.75) is 39.0 Å². The highest BCUT2D eigenvalue weighted by Gasteiger charge is 2.45. The summed E-state index contributed by atoms with van der Waals surface area (Å²) in [6.45, 7) is 8.11. The normalized spacial score (nSPS) is 17.5. The van der Waals surface area contributed by atoms with Crippen molar-refractivity contribution in [3.05, 3.63) is 53.6 Å². The van der Waals surface area contributed by atoms with E-state index < -0.39 is 5.41 Å². The van der Waals surface area contributed by atoms with Crippen LogP contribution < -0.4 is 14.2 Å². The maximum absolute atomic E-state index is 12.6. The molecule has 0 saturated heterocycles. The molecular weight excluding hydrogens is 316 g/mol. The van der Waals surface area contributed by atoms with Gasteiger partial charge in [-0.15, -0.1) is 0 Å². The summed E-state index contributed by atoms with van der Waals surface area (Å²) in [5, 5.41) is 0. The third-order valence-electron chi connectivity index (χ3n) is 4.50. The lowest BCUT2D eigenvalue weighted by atomic mass is 9.68. The summed E-state index contributed by atoms with van der Waals surface area (Å²) in [5.74, 6) is 1.50. The number of carbonyl (C=O) groups excluding carboxylic acids is 1. The zero-order chi connectivity index (χ0) is 18.6. The van der Waals surface area contributed by atoms with E-state index in [9.17, 15) is 4.79 Å². The van der Waals surface area contributed by atoms with Crippen LogP contribution in [0, 0.1) is 0 Å². The Morgan fingerprint density at radius 2 is 1.48 bits per heavy atom. The van der Waals surface area contributed by atoms with E-state index in [0.29, 0.717) is 5.75 Å². The highest BCUT2D eigenvalue weighted by molar-refractivity contribution is 5.85. The molecule has 0 bridgehead atoms. The Morgan fingerprint density at radius 1 is 0.920 bits per heavy atom. The maximum atomic E-state index is 12.6. The zero-order valence-corrected chi connectivity index (χ0v) is 15.8. The van der Waals surface area contributed by atoms with Crippen molar-refractivity contribution in [2.75, 3.05) is 14.2 Å². The van der Waals surface area contributed by atoms with Crippen LogP contribution in [0.2, 0.25) is 0 Å². The van der Waals surface area contributed by atoms with Gasteiger partial charge in [0.05, 0.1) is 20.1 Å². The Labute approximate surface area is 149 Å². The van der Waals surface area contributed by atoms with E-state index in [1.54, 1.807) is 26.4 Å². The van der Waals surface area contributed by atoms with Crippen molar-refractivity contribution in [3.63, 3.8) is 0 Å². The predicted molar refractivity (Wildman–Crippen MR) is 98.7 cm³/mol. The first-order chi connectivity index (χ1) is 12.0. The lowest BCUT2D eigenvalue weighted by Crippen LogP contribution is -2.39. The molecule has 1 aliphatic rings. The summed E-state index contributed by atoms with van der Waals surface area (Å²) in [6.07, 6.45) is 0. The standard InChI is InChI=1S/C19H20O4.C2H6/c1-19(2)15-11-14(22-4)9-10-16(15)23-18(20)17(19)12-5-7-13(21-3)8-6-12;1-2/h5-11,17H,1-4H3;1-2H3. The molecule has 0 spiro atoms. The topological polar surface area (TPSA) is 44.8 Å². The molecule has 2 aromatic carbocycles. The summed E-state index contributed by atoms with van der Waals surface area (Å²) < 4.78 is 16.1. The number of hydrogen-bond donors (Lipinski definition) is 0. The fourth-order valence-electron chi connectivity index (χ4n) is 3.20. The third kappa shape index (κ3) is 3.48. The molecule has 0 aliphatic carbocycles. The molecule has 0 N–H and O–H groups in total. The lowest BCUT2D eigenvalue weighted by Gasteiger charge is -2.38. The van der Waals surface area contributed by atoms with E-state index in [1.165, 1.54) is 0 Å². The van der Waals surface area contributed by atoms with Gasteiger partial charge in [0, 0.05) is 11.0 Å². The summed E-state index contributed by atoms with van der Waals surface area (Å²) in [5.41, 5.74) is 1.47. The smallest absolute Gasteiger partial charge is 0.319 e. The van der Waals surface area contributed by atoms with Gasteiger partial charge in [0.2, 0.25) is 0 Å². The minimum atomic E-state index is -0.409. The largest absolute Gasteiger partial charge is 0.497 e. The molecule has 25 heavy (non-hydrogen) atoms. The van der Waals surface area contributed by atoms with Gasteiger partial charge in [0.15, 0.2) is 0 Å². The van der Waals surface area contributed by atoms with Gasteiger partial charge >= 0.3 is 5.97 Å². The zero-order valence-electron chi connectivity index (χ0n) is 15.8. The van der Waals surface area contributed by atoms with Crippen molar-refractivity contribution >= 4 is 5.97 Å². The molecule has 1 unspecified atom stereocenters. The molecule has 3 rings (SSSR count). The minimum Gasteiger partial charge on any atom is -0.497 e. The van der Waals surface area contributed by atoms with Gasteiger partial charge in [-0.05, 0) is 35.9 Å². The van der Waals surface area contributed by atoms with Crippen LogP contribution >= 0.6 is 0 Å². The molecule has 1 aliphatic heterocycles. The number of hydrogen-bond acceptors (Lipinski definition) is 4. The Hall–Kier alpha value is -2.49. The van der Waals surface area contributed by atoms with Crippen LogP contribution in [0.3, 0.4) is 0 Å². The third-order valence-corrected chi connectivity index (χ3v) is 4.50. The van der Waals surface area contributed by atoms with Crippen LogP contribution in [0.5, 0.6) is 17.2 Å². The van der Waals surface area contributed by atoms with Gasteiger partial charge in [0.25, 0.3) is 0 Å². The first kappa shape index (κ1) is 18.8. The molecule has 1 atom stereocenters.